The van der Waals surface area contributed by atoms with Crippen molar-refractivity contribution in [3.8, 4) is 6.07 Å². The van der Waals surface area contributed by atoms with E-state index in [1.807, 2.05) is 17.5 Å². The van der Waals surface area contributed by atoms with Gasteiger partial charge in [0, 0.05) is 11.4 Å². The maximum absolute atomic E-state index is 13.2. The normalized spacial score (nSPS) is 11.8. The van der Waals surface area contributed by atoms with Crippen molar-refractivity contribution in [2.75, 3.05) is 0 Å². The number of carbonyl (C=O) groups is 1. The molecule has 2 N–H and O–H groups in total. The molecule has 0 aliphatic heterocycles. The Balaban J connectivity index is 2.08. The second kappa shape index (κ2) is 6.97. The third-order valence-corrected chi connectivity index (χ3v) is 3.96. The minimum absolute atomic E-state index is 0.0137. The van der Waals surface area contributed by atoms with Gasteiger partial charge in [-0.3, -0.25) is 4.79 Å². The van der Waals surface area contributed by atoms with Gasteiger partial charge in [-0.2, -0.15) is 5.26 Å². The first-order chi connectivity index (χ1) is 10.1. The van der Waals surface area contributed by atoms with Crippen LogP contribution in [0, 0.1) is 17.1 Å². The molecule has 1 unspecified atom stereocenters. The van der Waals surface area contributed by atoms with E-state index in [1.54, 1.807) is 12.1 Å². The van der Waals surface area contributed by atoms with Crippen molar-refractivity contribution in [3.05, 3.63) is 57.5 Å². The number of aliphatic carboxylic acids is 1. The van der Waals surface area contributed by atoms with Crippen LogP contribution < -0.4 is 5.32 Å². The number of nitriles is 1. The summed E-state index contributed by atoms with van der Waals surface area (Å²) in [5.74, 6) is -1.45. The number of benzene rings is 1. The third-order valence-electron chi connectivity index (χ3n) is 2.97. The summed E-state index contributed by atoms with van der Waals surface area (Å²) in [7, 11) is 0. The van der Waals surface area contributed by atoms with Crippen LogP contribution in [0.5, 0.6) is 0 Å². The molecule has 0 aliphatic rings. The molecule has 0 fully saturated rings. The van der Waals surface area contributed by atoms with Crippen LogP contribution in [0.4, 0.5) is 4.39 Å². The van der Waals surface area contributed by atoms with Crippen LogP contribution in [0.25, 0.3) is 0 Å². The van der Waals surface area contributed by atoms with Crippen molar-refractivity contribution in [1.82, 2.24) is 5.32 Å². The topological polar surface area (TPSA) is 73.1 Å². The Morgan fingerprint density at radius 2 is 2.29 bits per heavy atom. The number of carboxylic acids is 1. The van der Waals surface area contributed by atoms with Crippen LogP contribution in [-0.4, -0.2) is 11.1 Å². The summed E-state index contributed by atoms with van der Waals surface area (Å²) in [6.07, 6.45) is -0.0349. The van der Waals surface area contributed by atoms with Gasteiger partial charge >= 0.3 is 5.97 Å². The zero-order valence-corrected chi connectivity index (χ0v) is 11.9. The van der Waals surface area contributed by atoms with Crippen molar-refractivity contribution in [3.63, 3.8) is 0 Å². The zero-order valence-electron chi connectivity index (χ0n) is 11.0. The Kier molecular flexibility index (Phi) is 5.04. The minimum atomic E-state index is -0.891. The number of halogens is 1. The Morgan fingerprint density at radius 1 is 1.48 bits per heavy atom. The fraction of sp³-hybridized carbons (Fsp3) is 0.200. The van der Waals surface area contributed by atoms with Crippen molar-refractivity contribution in [2.45, 2.75) is 19.0 Å². The molecule has 0 saturated carbocycles. The average molecular weight is 304 g/mol. The number of hydrogen-bond donors (Lipinski definition) is 2. The molecule has 108 valence electrons. The lowest BCUT2D eigenvalue weighted by Crippen LogP contribution is -2.22. The van der Waals surface area contributed by atoms with Crippen LogP contribution in [0.1, 0.15) is 28.5 Å². The van der Waals surface area contributed by atoms with Crippen molar-refractivity contribution >= 4 is 17.3 Å². The van der Waals surface area contributed by atoms with Gasteiger partial charge in [0.2, 0.25) is 0 Å². The molecule has 0 saturated heterocycles. The maximum atomic E-state index is 13.2. The molecular weight excluding hydrogens is 291 g/mol. The Bertz CT molecular complexity index is 665. The Labute approximate surface area is 125 Å². The van der Waals surface area contributed by atoms with Gasteiger partial charge in [0.15, 0.2) is 0 Å². The lowest BCUT2D eigenvalue weighted by Gasteiger charge is -2.15. The van der Waals surface area contributed by atoms with Crippen molar-refractivity contribution in [2.24, 2.45) is 0 Å². The lowest BCUT2D eigenvalue weighted by atomic mass is 10.1. The molecule has 21 heavy (non-hydrogen) atoms. The quantitative estimate of drug-likeness (QED) is 0.860. The highest BCUT2D eigenvalue weighted by Crippen LogP contribution is 2.22. The van der Waals surface area contributed by atoms with Gasteiger partial charge in [-0.05, 0) is 29.1 Å². The summed E-state index contributed by atoms with van der Waals surface area (Å²) in [5, 5.41) is 22.8. The smallest absolute Gasteiger partial charge is 0.305 e. The summed E-state index contributed by atoms with van der Waals surface area (Å²) < 4.78 is 13.2. The minimum Gasteiger partial charge on any atom is -0.481 e. The maximum Gasteiger partial charge on any atom is 0.305 e. The second-order valence-corrected chi connectivity index (χ2v) is 5.45. The standard InChI is InChI=1S/C15H13FN2O2S/c16-12-4-3-10(6-11(12)8-17)9-18-13(7-15(19)20)14-2-1-5-21-14/h1-6,13,18H,7,9H2,(H,19,20). The molecule has 1 aromatic carbocycles. The Hall–Kier alpha value is -2.23. The van der Waals surface area contributed by atoms with Crippen LogP contribution in [0.2, 0.25) is 0 Å². The molecule has 1 aromatic heterocycles. The summed E-state index contributed by atoms with van der Waals surface area (Å²) >= 11 is 1.48. The highest BCUT2D eigenvalue weighted by atomic mass is 32.1. The fourth-order valence-electron chi connectivity index (χ4n) is 1.95. The van der Waals surface area contributed by atoms with Crippen LogP contribution in [0.15, 0.2) is 35.7 Å². The first-order valence-corrected chi connectivity index (χ1v) is 7.15. The highest BCUT2D eigenvalue weighted by Gasteiger charge is 2.16. The van der Waals surface area contributed by atoms with Gasteiger partial charge < -0.3 is 10.4 Å². The molecule has 0 amide bonds. The van der Waals surface area contributed by atoms with Crippen molar-refractivity contribution in [1.29, 1.82) is 5.26 Å². The van der Waals surface area contributed by atoms with Crippen LogP contribution >= 0.6 is 11.3 Å². The van der Waals surface area contributed by atoms with E-state index in [1.165, 1.54) is 23.5 Å². The second-order valence-electron chi connectivity index (χ2n) is 4.47. The predicted octanol–water partition coefficient (Wildman–Crippen LogP) is 3.06. The molecule has 6 heteroatoms. The van der Waals surface area contributed by atoms with Gasteiger partial charge in [-0.15, -0.1) is 11.3 Å². The molecule has 0 spiro atoms. The summed E-state index contributed by atoms with van der Waals surface area (Å²) in [5.41, 5.74) is 0.722. The molecule has 0 bridgehead atoms. The summed E-state index contributed by atoms with van der Waals surface area (Å²) in [6.45, 7) is 0.366. The number of thiophene rings is 1. The molecule has 1 atom stereocenters. The lowest BCUT2D eigenvalue weighted by molar-refractivity contribution is -0.137. The summed E-state index contributed by atoms with van der Waals surface area (Å²) in [4.78, 5) is 11.9. The molecule has 1 heterocycles. The molecular formula is C15H13FN2O2S. The molecule has 2 aromatic rings. The Morgan fingerprint density at radius 3 is 2.90 bits per heavy atom. The first-order valence-electron chi connectivity index (χ1n) is 6.27. The van der Waals surface area contributed by atoms with E-state index in [9.17, 15) is 9.18 Å². The van der Waals surface area contributed by atoms with Gasteiger partial charge in [-0.25, -0.2) is 4.39 Å². The average Bonchev–Trinajstić information content (AvgIpc) is 2.98. The van der Waals surface area contributed by atoms with E-state index in [4.69, 9.17) is 10.4 Å². The molecule has 0 aliphatic carbocycles. The van der Waals surface area contributed by atoms with Gasteiger partial charge in [0.05, 0.1) is 18.0 Å². The number of nitrogens with zero attached hydrogens (tertiary/aromatic N) is 1. The molecule has 4 nitrogen and oxygen atoms in total. The van der Waals surface area contributed by atoms with E-state index in [0.717, 1.165) is 10.4 Å². The number of nitrogens with one attached hydrogen (secondary N) is 1. The van der Waals surface area contributed by atoms with Gasteiger partial charge in [0.1, 0.15) is 11.9 Å². The van der Waals surface area contributed by atoms with Gasteiger partial charge in [-0.1, -0.05) is 12.1 Å². The van der Waals surface area contributed by atoms with Crippen LogP contribution in [-0.2, 0) is 11.3 Å². The third kappa shape index (κ3) is 4.12. The number of rotatable bonds is 6. The van der Waals surface area contributed by atoms with Gasteiger partial charge in [0.25, 0.3) is 0 Å². The monoisotopic (exact) mass is 304 g/mol. The van der Waals surface area contributed by atoms with E-state index in [-0.39, 0.29) is 18.0 Å². The van der Waals surface area contributed by atoms with E-state index < -0.39 is 11.8 Å². The predicted molar refractivity (Wildman–Crippen MR) is 77.3 cm³/mol. The van der Waals surface area contributed by atoms with E-state index in [0.29, 0.717) is 6.54 Å². The largest absolute Gasteiger partial charge is 0.481 e. The molecule has 0 radical (unpaired) electrons. The highest BCUT2D eigenvalue weighted by molar-refractivity contribution is 7.10. The number of hydrogen-bond acceptors (Lipinski definition) is 4. The summed E-state index contributed by atoms with van der Waals surface area (Å²) in [6, 6.07) is 9.50. The van der Waals surface area contributed by atoms with Crippen molar-refractivity contribution < 1.29 is 14.3 Å². The van der Waals surface area contributed by atoms with Crippen LogP contribution in [0.3, 0.4) is 0 Å². The first kappa shape index (κ1) is 15.2. The SMILES string of the molecule is N#Cc1cc(CNC(CC(=O)O)c2cccs2)ccc1F. The zero-order chi connectivity index (χ0) is 15.2. The fourth-order valence-corrected chi connectivity index (χ4v) is 2.75. The van der Waals surface area contributed by atoms with E-state index in [2.05, 4.69) is 5.32 Å². The van der Waals surface area contributed by atoms with E-state index >= 15 is 0 Å². The molecule has 2 rings (SSSR count). The number of carboxylic acid groups (broad SMARTS) is 1.